The lowest BCUT2D eigenvalue weighted by Gasteiger charge is -2.20. The van der Waals surface area contributed by atoms with Gasteiger partial charge >= 0.3 is 9.28 Å². The lowest BCUT2D eigenvalue weighted by molar-refractivity contribution is 0.262. The third kappa shape index (κ3) is 4.15. The summed E-state index contributed by atoms with van der Waals surface area (Å²) in [5.74, 6) is 0.925. The van der Waals surface area contributed by atoms with Gasteiger partial charge in [0.2, 0.25) is 0 Å². The Labute approximate surface area is 76.5 Å². The summed E-state index contributed by atoms with van der Waals surface area (Å²) in [6.07, 6.45) is 2.25. The van der Waals surface area contributed by atoms with Crippen LogP contribution in [0.5, 0.6) is 0 Å². The highest BCUT2D eigenvalue weighted by Gasteiger charge is 2.21. The van der Waals surface area contributed by atoms with Crippen molar-refractivity contribution in [3.05, 3.63) is 0 Å². The third-order valence-electron chi connectivity index (χ3n) is 1.87. The Morgan fingerprint density at radius 1 is 1.36 bits per heavy atom. The van der Waals surface area contributed by atoms with Crippen LogP contribution in [0.15, 0.2) is 0 Å². The van der Waals surface area contributed by atoms with Crippen LogP contribution in [0.25, 0.3) is 0 Å². The van der Waals surface area contributed by atoms with Crippen molar-refractivity contribution in [2.24, 2.45) is 0 Å². The van der Waals surface area contributed by atoms with E-state index in [1.54, 1.807) is 14.2 Å². The summed E-state index contributed by atoms with van der Waals surface area (Å²) in [5, 5.41) is 0. The monoisotopic (exact) mass is 194 g/mol. The number of thiol groups is 1. The first kappa shape index (κ1) is 11.5. The Morgan fingerprint density at radius 2 is 1.91 bits per heavy atom. The molecule has 0 amide bonds. The molecule has 0 rings (SSSR count). The van der Waals surface area contributed by atoms with Crippen molar-refractivity contribution in [2.75, 3.05) is 20.0 Å². The van der Waals surface area contributed by atoms with Crippen LogP contribution >= 0.6 is 12.6 Å². The molecule has 0 radical (unpaired) electrons. The minimum atomic E-state index is -1.37. The maximum Gasteiger partial charge on any atom is 0.324 e. The average molecular weight is 194 g/mol. The van der Waals surface area contributed by atoms with E-state index in [4.69, 9.17) is 8.85 Å². The van der Waals surface area contributed by atoms with Crippen molar-refractivity contribution in [2.45, 2.75) is 25.3 Å². The van der Waals surface area contributed by atoms with Gasteiger partial charge in [0.1, 0.15) is 0 Å². The zero-order valence-electron chi connectivity index (χ0n) is 7.54. The summed E-state index contributed by atoms with van der Waals surface area (Å²) in [7, 11) is 2.10. The first-order chi connectivity index (χ1) is 5.29. The molecule has 0 fully saturated rings. The van der Waals surface area contributed by atoms with Gasteiger partial charge < -0.3 is 8.85 Å². The molecule has 0 aliphatic carbocycles. The maximum atomic E-state index is 5.29. The van der Waals surface area contributed by atoms with Crippen LogP contribution in [0.4, 0.5) is 0 Å². The standard InChI is InChI=1S/C7H18O2SSi/c1-4-7(5-6-10)11(8-2)9-3/h7,10-11H,4-6H2,1-3H3. The minimum absolute atomic E-state index is 0.613. The van der Waals surface area contributed by atoms with Crippen molar-refractivity contribution in [1.29, 1.82) is 0 Å². The van der Waals surface area contributed by atoms with E-state index in [1.165, 1.54) is 0 Å². The quantitative estimate of drug-likeness (QED) is 0.511. The lowest BCUT2D eigenvalue weighted by Crippen LogP contribution is -2.26. The minimum Gasteiger partial charge on any atom is -0.400 e. The Hall–Kier alpha value is 0.487. The van der Waals surface area contributed by atoms with Crippen LogP contribution in [0.3, 0.4) is 0 Å². The number of rotatable bonds is 6. The normalized spacial score (nSPS) is 13.9. The van der Waals surface area contributed by atoms with Crippen molar-refractivity contribution in [3.63, 3.8) is 0 Å². The second-order valence-corrected chi connectivity index (χ2v) is 5.59. The molecule has 0 saturated carbocycles. The predicted octanol–water partition coefficient (Wildman–Crippen LogP) is 1.60. The lowest BCUT2D eigenvalue weighted by atomic mass is 10.3. The second kappa shape index (κ2) is 7.15. The molecule has 2 nitrogen and oxygen atoms in total. The van der Waals surface area contributed by atoms with E-state index < -0.39 is 9.28 Å². The van der Waals surface area contributed by atoms with Crippen LogP contribution in [0.2, 0.25) is 5.54 Å². The Balaban J connectivity index is 3.76. The Morgan fingerprint density at radius 3 is 2.18 bits per heavy atom. The highest BCUT2D eigenvalue weighted by atomic mass is 32.1. The van der Waals surface area contributed by atoms with Crippen molar-refractivity contribution in [3.8, 4) is 0 Å². The van der Waals surface area contributed by atoms with Gasteiger partial charge in [0.15, 0.2) is 0 Å². The fourth-order valence-electron chi connectivity index (χ4n) is 1.18. The van der Waals surface area contributed by atoms with E-state index in [9.17, 15) is 0 Å². The molecular formula is C7H18O2SSi. The van der Waals surface area contributed by atoms with Crippen LogP contribution in [-0.4, -0.2) is 29.3 Å². The third-order valence-corrected chi connectivity index (χ3v) is 4.64. The average Bonchev–Trinajstić information content (AvgIpc) is 2.05. The summed E-state index contributed by atoms with van der Waals surface area (Å²) in [5.41, 5.74) is 0.613. The van der Waals surface area contributed by atoms with Crippen LogP contribution in [0.1, 0.15) is 19.8 Å². The van der Waals surface area contributed by atoms with Crippen LogP contribution < -0.4 is 0 Å². The zero-order chi connectivity index (χ0) is 8.69. The van der Waals surface area contributed by atoms with Gasteiger partial charge in [0.05, 0.1) is 0 Å². The summed E-state index contributed by atoms with van der Waals surface area (Å²) >= 11 is 4.20. The molecule has 4 heteroatoms. The molecule has 0 heterocycles. The van der Waals surface area contributed by atoms with Crippen LogP contribution in [-0.2, 0) is 8.85 Å². The molecule has 1 atom stereocenters. The highest BCUT2D eigenvalue weighted by molar-refractivity contribution is 7.80. The van der Waals surface area contributed by atoms with E-state index >= 15 is 0 Å². The smallest absolute Gasteiger partial charge is 0.324 e. The molecule has 0 saturated heterocycles. The van der Waals surface area contributed by atoms with Crippen molar-refractivity contribution >= 4 is 21.9 Å². The summed E-state index contributed by atoms with van der Waals surface area (Å²) in [6, 6.07) is 0. The first-order valence-corrected chi connectivity index (χ1v) is 6.20. The van der Waals surface area contributed by atoms with Crippen molar-refractivity contribution < 1.29 is 8.85 Å². The molecule has 0 aromatic carbocycles. The first-order valence-electron chi connectivity index (χ1n) is 3.96. The van der Waals surface area contributed by atoms with E-state index in [2.05, 4.69) is 19.6 Å². The summed E-state index contributed by atoms with van der Waals surface area (Å²) < 4.78 is 10.6. The van der Waals surface area contributed by atoms with Crippen molar-refractivity contribution in [1.82, 2.24) is 0 Å². The van der Waals surface area contributed by atoms with Gasteiger partial charge in [0.25, 0.3) is 0 Å². The molecule has 0 N–H and O–H groups in total. The molecule has 68 valence electrons. The fraction of sp³-hybridized carbons (Fsp3) is 1.00. The number of hydrogen-bond acceptors (Lipinski definition) is 3. The molecule has 0 aliphatic heterocycles. The Bertz CT molecular complexity index is 88.5. The van der Waals surface area contributed by atoms with Gasteiger partial charge in [-0.1, -0.05) is 13.3 Å². The number of hydrogen-bond donors (Lipinski definition) is 1. The van der Waals surface area contributed by atoms with Gasteiger partial charge in [-0.05, 0) is 12.2 Å². The van der Waals surface area contributed by atoms with E-state index in [-0.39, 0.29) is 0 Å². The van der Waals surface area contributed by atoms with Gasteiger partial charge in [-0.2, -0.15) is 12.6 Å². The van der Waals surface area contributed by atoms with Crippen LogP contribution in [0, 0.1) is 0 Å². The highest BCUT2D eigenvalue weighted by Crippen LogP contribution is 2.20. The fourth-order valence-corrected chi connectivity index (χ4v) is 3.58. The molecule has 0 aromatic heterocycles. The Kier molecular flexibility index (Phi) is 7.47. The zero-order valence-corrected chi connectivity index (χ0v) is 9.59. The maximum absolute atomic E-state index is 5.29. The van der Waals surface area contributed by atoms with Gasteiger partial charge in [0, 0.05) is 19.8 Å². The molecule has 11 heavy (non-hydrogen) atoms. The largest absolute Gasteiger partial charge is 0.400 e. The van der Waals surface area contributed by atoms with Gasteiger partial charge in [-0.15, -0.1) is 0 Å². The summed E-state index contributed by atoms with van der Waals surface area (Å²) in [6.45, 7) is 2.17. The van der Waals surface area contributed by atoms with E-state index in [1.807, 2.05) is 0 Å². The van der Waals surface area contributed by atoms with E-state index in [0.717, 1.165) is 18.6 Å². The topological polar surface area (TPSA) is 18.5 Å². The molecule has 0 aromatic rings. The molecule has 0 bridgehead atoms. The molecule has 0 aliphatic rings. The predicted molar refractivity (Wildman–Crippen MR) is 53.7 cm³/mol. The summed E-state index contributed by atoms with van der Waals surface area (Å²) in [4.78, 5) is 0. The van der Waals surface area contributed by atoms with Gasteiger partial charge in [-0.3, -0.25) is 0 Å². The molecule has 1 unspecified atom stereocenters. The van der Waals surface area contributed by atoms with E-state index in [0.29, 0.717) is 5.54 Å². The molecular weight excluding hydrogens is 176 g/mol. The molecule has 0 spiro atoms. The van der Waals surface area contributed by atoms with Gasteiger partial charge in [-0.25, -0.2) is 0 Å². The SMILES string of the molecule is CCC(CCS)[SiH](OC)OC. The second-order valence-electron chi connectivity index (χ2n) is 2.52.